The number of hydrogen-bond acceptors (Lipinski definition) is 4. The van der Waals surface area contributed by atoms with Crippen molar-refractivity contribution < 1.29 is 5.11 Å². The molecule has 4 aromatic rings. The van der Waals surface area contributed by atoms with Crippen molar-refractivity contribution in [2.45, 2.75) is 39.7 Å². The van der Waals surface area contributed by atoms with Gasteiger partial charge in [0.25, 0.3) is 5.56 Å². The first-order chi connectivity index (χ1) is 15.3. The molecule has 1 N–H and O–H groups in total. The molecule has 3 heterocycles. The molecule has 2 aromatic heterocycles. The van der Waals surface area contributed by atoms with Gasteiger partial charge >= 0.3 is 0 Å². The molecule has 0 spiro atoms. The standard InChI is InChI=1S/C26H28N4O2/c1-17-23-16-27-30(20-11-9-19(10-12-20)26(3,4)32)25(31)24(23)18(2)29(17)22-8-5-7-21(15-22)28-13-6-14-28/h5,7-12,15-16,32H,6,13-14H2,1-4H3. The van der Waals surface area contributed by atoms with Crippen molar-refractivity contribution in [1.82, 2.24) is 14.3 Å². The lowest BCUT2D eigenvalue weighted by atomic mass is 9.98. The van der Waals surface area contributed by atoms with E-state index in [4.69, 9.17) is 0 Å². The van der Waals surface area contributed by atoms with E-state index in [-0.39, 0.29) is 5.56 Å². The second-order valence-corrected chi connectivity index (χ2v) is 9.12. The van der Waals surface area contributed by atoms with Crippen molar-refractivity contribution in [3.05, 3.63) is 82.0 Å². The van der Waals surface area contributed by atoms with E-state index in [1.165, 1.54) is 16.8 Å². The van der Waals surface area contributed by atoms with Crippen LogP contribution in [0.4, 0.5) is 5.69 Å². The minimum atomic E-state index is -0.934. The van der Waals surface area contributed by atoms with E-state index in [1.807, 2.05) is 38.1 Å². The molecule has 0 radical (unpaired) electrons. The van der Waals surface area contributed by atoms with Crippen LogP contribution in [0.5, 0.6) is 0 Å². The highest BCUT2D eigenvalue weighted by Crippen LogP contribution is 2.29. The molecule has 32 heavy (non-hydrogen) atoms. The number of hydrogen-bond donors (Lipinski definition) is 1. The van der Waals surface area contributed by atoms with E-state index in [1.54, 1.807) is 20.0 Å². The van der Waals surface area contributed by atoms with Crippen molar-refractivity contribution in [3.8, 4) is 11.4 Å². The monoisotopic (exact) mass is 428 g/mol. The van der Waals surface area contributed by atoms with Crippen molar-refractivity contribution >= 4 is 16.5 Å². The van der Waals surface area contributed by atoms with Gasteiger partial charge in [-0.05, 0) is 70.0 Å². The molecule has 0 unspecified atom stereocenters. The number of aromatic nitrogens is 3. The molecular formula is C26H28N4O2. The summed E-state index contributed by atoms with van der Waals surface area (Å²) in [5, 5.41) is 16.2. The summed E-state index contributed by atoms with van der Waals surface area (Å²) in [5.74, 6) is 0. The van der Waals surface area contributed by atoms with Crippen LogP contribution in [0.25, 0.3) is 22.1 Å². The fourth-order valence-electron chi connectivity index (χ4n) is 4.55. The van der Waals surface area contributed by atoms with Crippen LogP contribution >= 0.6 is 0 Å². The Hall–Kier alpha value is -3.38. The molecule has 0 bridgehead atoms. The zero-order chi connectivity index (χ0) is 22.6. The normalized spacial score (nSPS) is 14.1. The fourth-order valence-corrected chi connectivity index (χ4v) is 4.55. The van der Waals surface area contributed by atoms with Crippen LogP contribution in [0.2, 0.25) is 0 Å². The van der Waals surface area contributed by atoms with Crippen LogP contribution in [0.15, 0.2) is 59.5 Å². The third-order valence-corrected chi connectivity index (χ3v) is 6.53. The number of fused-ring (bicyclic) bond motifs is 1. The molecule has 5 rings (SSSR count). The highest BCUT2D eigenvalue weighted by molar-refractivity contribution is 5.88. The molecular weight excluding hydrogens is 400 g/mol. The summed E-state index contributed by atoms with van der Waals surface area (Å²) in [6, 6.07) is 15.8. The van der Waals surface area contributed by atoms with Gasteiger partial charge in [-0.15, -0.1) is 0 Å². The highest BCUT2D eigenvalue weighted by Gasteiger charge is 2.20. The predicted octanol–water partition coefficient (Wildman–Crippen LogP) is 4.23. The second kappa shape index (κ2) is 7.35. The first-order valence-corrected chi connectivity index (χ1v) is 11.0. The Bertz CT molecular complexity index is 1370. The van der Waals surface area contributed by atoms with Crippen LogP contribution in [0.1, 0.15) is 37.2 Å². The third kappa shape index (κ3) is 3.22. The van der Waals surface area contributed by atoms with Crippen LogP contribution < -0.4 is 10.5 Å². The Morgan fingerprint density at radius 3 is 2.25 bits per heavy atom. The molecule has 0 atom stereocenters. The van der Waals surface area contributed by atoms with Crippen LogP contribution in [0, 0.1) is 13.8 Å². The van der Waals surface area contributed by atoms with Gasteiger partial charge in [0.05, 0.1) is 22.9 Å². The minimum absolute atomic E-state index is 0.142. The largest absolute Gasteiger partial charge is 0.386 e. The number of anilines is 1. The van der Waals surface area contributed by atoms with Crippen molar-refractivity contribution in [1.29, 1.82) is 0 Å². The van der Waals surface area contributed by atoms with Gasteiger partial charge < -0.3 is 14.6 Å². The highest BCUT2D eigenvalue weighted by atomic mass is 16.3. The van der Waals surface area contributed by atoms with Crippen LogP contribution in [-0.4, -0.2) is 32.5 Å². The predicted molar refractivity (Wildman–Crippen MR) is 128 cm³/mol. The summed E-state index contributed by atoms with van der Waals surface area (Å²) in [5.41, 5.74) is 4.58. The minimum Gasteiger partial charge on any atom is -0.386 e. The van der Waals surface area contributed by atoms with Gasteiger partial charge in [-0.2, -0.15) is 9.78 Å². The number of aliphatic hydroxyl groups is 1. The van der Waals surface area contributed by atoms with Crippen molar-refractivity contribution in [3.63, 3.8) is 0 Å². The van der Waals surface area contributed by atoms with E-state index in [0.717, 1.165) is 41.1 Å². The van der Waals surface area contributed by atoms with E-state index in [9.17, 15) is 9.90 Å². The summed E-state index contributed by atoms with van der Waals surface area (Å²) in [6.07, 6.45) is 3.01. The average molecular weight is 429 g/mol. The Morgan fingerprint density at radius 2 is 1.62 bits per heavy atom. The summed E-state index contributed by atoms with van der Waals surface area (Å²) in [4.78, 5) is 15.9. The van der Waals surface area contributed by atoms with Gasteiger partial charge in [0, 0.05) is 41.2 Å². The number of nitrogens with zero attached hydrogens (tertiary/aromatic N) is 4. The van der Waals surface area contributed by atoms with E-state index in [2.05, 4.69) is 38.8 Å². The van der Waals surface area contributed by atoms with Gasteiger partial charge in [-0.25, -0.2) is 0 Å². The number of benzene rings is 2. The lowest BCUT2D eigenvalue weighted by Gasteiger charge is -2.33. The third-order valence-electron chi connectivity index (χ3n) is 6.53. The first-order valence-electron chi connectivity index (χ1n) is 11.0. The van der Waals surface area contributed by atoms with Crippen molar-refractivity contribution in [2.75, 3.05) is 18.0 Å². The smallest absolute Gasteiger partial charge is 0.281 e. The quantitative estimate of drug-likeness (QED) is 0.528. The van der Waals surface area contributed by atoms with E-state index >= 15 is 0 Å². The van der Waals surface area contributed by atoms with Crippen molar-refractivity contribution in [2.24, 2.45) is 0 Å². The Morgan fingerprint density at radius 1 is 0.938 bits per heavy atom. The van der Waals surface area contributed by atoms with Crippen LogP contribution in [0.3, 0.4) is 0 Å². The SMILES string of the molecule is Cc1c2cnn(-c3ccc(C(C)(C)O)cc3)c(=O)c2c(C)n1-c1cccc(N2CCC2)c1. The number of rotatable bonds is 4. The molecule has 1 saturated heterocycles. The second-order valence-electron chi connectivity index (χ2n) is 9.12. The summed E-state index contributed by atoms with van der Waals surface area (Å²) in [6.45, 7) is 9.70. The molecule has 0 aliphatic carbocycles. The molecule has 164 valence electrons. The summed E-state index contributed by atoms with van der Waals surface area (Å²) < 4.78 is 3.59. The maximum absolute atomic E-state index is 13.5. The van der Waals surface area contributed by atoms with Gasteiger partial charge in [0.2, 0.25) is 0 Å². The molecule has 0 saturated carbocycles. The molecule has 1 aliphatic heterocycles. The van der Waals surface area contributed by atoms with Gasteiger partial charge in [-0.1, -0.05) is 18.2 Å². The molecule has 6 nitrogen and oxygen atoms in total. The zero-order valence-corrected chi connectivity index (χ0v) is 19.0. The van der Waals surface area contributed by atoms with Gasteiger partial charge in [0.1, 0.15) is 0 Å². The fraction of sp³-hybridized carbons (Fsp3) is 0.308. The summed E-state index contributed by atoms with van der Waals surface area (Å²) >= 11 is 0. The van der Waals surface area contributed by atoms with Gasteiger partial charge in [0.15, 0.2) is 0 Å². The average Bonchev–Trinajstić information content (AvgIpc) is 2.97. The molecule has 1 aliphatic rings. The first kappa shape index (κ1) is 20.5. The summed E-state index contributed by atoms with van der Waals surface area (Å²) in [7, 11) is 0. The topological polar surface area (TPSA) is 63.3 Å². The molecule has 2 aromatic carbocycles. The Kier molecular flexibility index (Phi) is 4.71. The number of aryl methyl sites for hydroxylation is 2. The Balaban J connectivity index is 1.63. The molecule has 0 amide bonds. The maximum atomic E-state index is 13.5. The van der Waals surface area contributed by atoms with Crippen LogP contribution in [-0.2, 0) is 5.60 Å². The Labute approximate surface area is 187 Å². The lowest BCUT2D eigenvalue weighted by molar-refractivity contribution is 0.0786. The van der Waals surface area contributed by atoms with E-state index < -0.39 is 5.60 Å². The molecule has 1 fully saturated rings. The maximum Gasteiger partial charge on any atom is 0.281 e. The van der Waals surface area contributed by atoms with Gasteiger partial charge in [-0.3, -0.25) is 4.79 Å². The molecule has 6 heteroatoms. The lowest BCUT2D eigenvalue weighted by Crippen LogP contribution is -2.36. The zero-order valence-electron chi connectivity index (χ0n) is 19.0. The van der Waals surface area contributed by atoms with E-state index in [0.29, 0.717) is 11.1 Å².